The molecule has 4 rings (SSSR count). The third-order valence-electron chi connectivity index (χ3n) is 5.34. The van der Waals surface area contributed by atoms with Crippen molar-refractivity contribution in [3.05, 3.63) is 58.0 Å². The highest BCUT2D eigenvalue weighted by atomic mass is 16.1. The minimum Gasteiger partial charge on any atom is -0.338 e. The standard InChI is InChI=1S/C23H27N5O/c1-13-7-8-17(14(2)9-13)26-21-20-18(11-23(5,6)12-19(20)29)28(27-21)22-24-15(3)10-16(4)25-22/h7-10H,11-12H2,1-6H3,(H,26,27). The van der Waals surface area contributed by atoms with Gasteiger partial charge in [0.15, 0.2) is 11.6 Å². The molecule has 3 aromatic rings. The number of nitrogens with one attached hydrogen (secondary N) is 1. The maximum Gasteiger partial charge on any atom is 0.251 e. The van der Waals surface area contributed by atoms with Gasteiger partial charge in [-0.1, -0.05) is 31.5 Å². The van der Waals surface area contributed by atoms with Gasteiger partial charge in [-0.15, -0.1) is 5.10 Å². The summed E-state index contributed by atoms with van der Waals surface area (Å²) in [4.78, 5) is 22.3. The Morgan fingerprint density at radius 1 is 1.00 bits per heavy atom. The average molecular weight is 390 g/mol. The lowest BCUT2D eigenvalue weighted by Gasteiger charge is -2.28. The summed E-state index contributed by atoms with van der Waals surface area (Å²) < 4.78 is 1.75. The number of benzene rings is 1. The van der Waals surface area contributed by atoms with Crippen molar-refractivity contribution in [3.63, 3.8) is 0 Å². The van der Waals surface area contributed by atoms with Crippen LogP contribution in [-0.4, -0.2) is 25.5 Å². The van der Waals surface area contributed by atoms with E-state index in [1.165, 1.54) is 5.56 Å². The van der Waals surface area contributed by atoms with Crippen molar-refractivity contribution in [2.75, 3.05) is 5.32 Å². The van der Waals surface area contributed by atoms with Gasteiger partial charge in [-0.05, 0) is 57.2 Å². The first kappa shape index (κ1) is 19.3. The van der Waals surface area contributed by atoms with Crippen LogP contribution in [0, 0.1) is 33.1 Å². The van der Waals surface area contributed by atoms with Crippen LogP contribution < -0.4 is 5.32 Å². The van der Waals surface area contributed by atoms with Crippen LogP contribution in [0.1, 0.15) is 58.8 Å². The monoisotopic (exact) mass is 389 g/mol. The molecule has 0 aliphatic heterocycles. The molecule has 1 aliphatic carbocycles. The lowest BCUT2D eigenvalue weighted by atomic mass is 9.76. The van der Waals surface area contributed by atoms with E-state index in [1.807, 2.05) is 26.0 Å². The maximum atomic E-state index is 13.1. The molecule has 0 atom stereocenters. The fourth-order valence-electron chi connectivity index (χ4n) is 4.08. The number of ketones is 1. The summed E-state index contributed by atoms with van der Waals surface area (Å²) in [5, 5.41) is 8.18. The summed E-state index contributed by atoms with van der Waals surface area (Å²) in [5.74, 6) is 1.20. The highest BCUT2D eigenvalue weighted by Crippen LogP contribution is 2.39. The van der Waals surface area contributed by atoms with Gasteiger partial charge in [0.2, 0.25) is 0 Å². The average Bonchev–Trinajstić information content (AvgIpc) is 2.93. The van der Waals surface area contributed by atoms with E-state index >= 15 is 0 Å². The van der Waals surface area contributed by atoms with Crippen molar-refractivity contribution in [2.24, 2.45) is 5.41 Å². The molecule has 0 spiro atoms. The first-order chi connectivity index (χ1) is 13.6. The molecule has 0 fully saturated rings. The summed E-state index contributed by atoms with van der Waals surface area (Å²) in [7, 11) is 0. The SMILES string of the molecule is Cc1ccc(Nc2nn(-c3nc(C)cc(C)n3)c3c2C(=O)CC(C)(C)C3)c(C)c1. The number of hydrogen-bond acceptors (Lipinski definition) is 5. The number of nitrogens with zero attached hydrogens (tertiary/aromatic N) is 4. The van der Waals surface area contributed by atoms with E-state index in [0.717, 1.165) is 34.8 Å². The van der Waals surface area contributed by atoms with Gasteiger partial charge >= 0.3 is 0 Å². The quantitative estimate of drug-likeness (QED) is 0.697. The molecule has 150 valence electrons. The van der Waals surface area contributed by atoms with Gasteiger partial charge in [0.1, 0.15) is 0 Å². The normalized spacial score (nSPS) is 15.3. The number of aryl methyl sites for hydroxylation is 4. The van der Waals surface area contributed by atoms with Crippen LogP contribution in [0.4, 0.5) is 11.5 Å². The predicted octanol–water partition coefficient (Wildman–Crippen LogP) is 4.79. The molecule has 0 amide bonds. The largest absolute Gasteiger partial charge is 0.338 e. The van der Waals surface area contributed by atoms with Crippen LogP contribution in [-0.2, 0) is 6.42 Å². The number of carbonyl (C=O) groups excluding carboxylic acids is 1. The smallest absolute Gasteiger partial charge is 0.251 e. The van der Waals surface area contributed by atoms with E-state index in [-0.39, 0.29) is 11.2 Å². The van der Waals surface area contributed by atoms with E-state index in [0.29, 0.717) is 23.8 Å². The van der Waals surface area contributed by atoms with Gasteiger partial charge in [-0.3, -0.25) is 4.79 Å². The van der Waals surface area contributed by atoms with E-state index in [4.69, 9.17) is 5.10 Å². The Bertz CT molecular complexity index is 1110. The Hall–Kier alpha value is -3.02. The van der Waals surface area contributed by atoms with Crippen LogP contribution >= 0.6 is 0 Å². The molecule has 1 aromatic carbocycles. The molecule has 0 saturated carbocycles. The highest BCUT2D eigenvalue weighted by Gasteiger charge is 2.37. The lowest BCUT2D eigenvalue weighted by Crippen LogP contribution is -2.28. The second kappa shape index (κ2) is 6.79. The third kappa shape index (κ3) is 3.67. The molecule has 2 aromatic heterocycles. The molecular weight excluding hydrogens is 362 g/mol. The number of Topliss-reactive ketones (excluding diaryl/α,β-unsaturated/α-hetero) is 1. The Morgan fingerprint density at radius 2 is 1.69 bits per heavy atom. The Morgan fingerprint density at radius 3 is 2.34 bits per heavy atom. The Labute approximate surface area is 171 Å². The number of fused-ring (bicyclic) bond motifs is 1. The van der Waals surface area contributed by atoms with E-state index in [1.54, 1.807) is 4.68 Å². The molecule has 0 saturated heterocycles. The lowest BCUT2D eigenvalue weighted by molar-refractivity contribution is 0.0911. The molecule has 0 radical (unpaired) electrons. The zero-order chi connectivity index (χ0) is 20.9. The van der Waals surface area contributed by atoms with Crippen molar-refractivity contribution >= 4 is 17.3 Å². The van der Waals surface area contributed by atoms with Crippen LogP contribution in [0.5, 0.6) is 0 Å². The number of rotatable bonds is 3. The molecule has 6 heteroatoms. The molecular formula is C23H27N5O. The second-order valence-corrected chi connectivity index (χ2v) is 8.92. The minimum absolute atomic E-state index is 0.110. The topological polar surface area (TPSA) is 72.7 Å². The van der Waals surface area contributed by atoms with E-state index in [2.05, 4.69) is 55.1 Å². The van der Waals surface area contributed by atoms with Gasteiger partial charge in [-0.25, -0.2) is 14.6 Å². The fraction of sp³-hybridized carbons (Fsp3) is 0.391. The highest BCUT2D eigenvalue weighted by molar-refractivity contribution is 6.03. The zero-order valence-electron chi connectivity index (χ0n) is 17.9. The predicted molar refractivity (Wildman–Crippen MR) is 114 cm³/mol. The van der Waals surface area contributed by atoms with Crippen molar-refractivity contribution in [2.45, 2.75) is 54.4 Å². The number of carbonyl (C=O) groups is 1. The number of aromatic nitrogens is 4. The molecule has 1 N–H and O–H groups in total. The molecule has 6 nitrogen and oxygen atoms in total. The summed E-state index contributed by atoms with van der Waals surface area (Å²) in [6.45, 7) is 12.2. The van der Waals surface area contributed by atoms with Gasteiger partial charge in [0.05, 0.1) is 11.3 Å². The second-order valence-electron chi connectivity index (χ2n) is 8.92. The van der Waals surface area contributed by atoms with Gasteiger partial charge in [0.25, 0.3) is 5.95 Å². The molecule has 29 heavy (non-hydrogen) atoms. The number of hydrogen-bond donors (Lipinski definition) is 1. The van der Waals surface area contributed by atoms with Crippen molar-refractivity contribution in [1.82, 2.24) is 19.7 Å². The fourth-order valence-corrected chi connectivity index (χ4v) is 4.08. The molecule has 2 heterocycles. The van der Waals surface area contributed by atoms with Gasteiger partial charge in [0, 0.05) is 23.5 Å². The first-order valence-electron chi connectivity index (χ1n) is 9.95. The summed E-state index contributed by atoms with van der Waals surface area (Å²) >= 11 is 0. The Balaban J connectivity index is 1.89. The van der Waals surface area contributed by atoms with Crippen molar-refractivity contribution in [3.8, 4) is 5.95 Å². The molecule has 0 bridgehead atoms. The van der Waals surface area contributed by atoms with Crippen molar-refractivity contribution < 1.29 is 4.79 Å². The van der Waals surface area contributed by atoms with Crippen LogP contribution in [0.15, 0.2) is 24.3 Å². The maximum absolute atomic E-state index is 13.1. The van der Waals surface area contributed by atoms with Gasteiger partial charge < -0.3 is 5.32 Å². The minimum atomic E-state index is -0.127. The van der Waals surface area contributed by atoms with Crippen LogP contribution in [0.2, 0.25) is 0 Å². The van der Waals surface area contributed by atoms with Crippen LogP contribution in [0.25, 0.3) is 5.95 Å². The third-order valence-corrected chi connectivity index (χ3v) is 5.34. The zero-order valence-corrected chi connectivity index (χ0v) is 17.9. The number of anilines is 2. The molecule has 0 unspecified atom stereocenters. The van der Waals surface area contributed by atoms with E-state index in [9.17, 15) is 4.79 Å². The summed E-state index contributed by atoms with van der Waals surface area (Å²) in [6, 6.07) is 8.13. The first-order valence-corrected chi connectivity index (χ1v) is 9.95. The van der Waals surface area contributed by atoms with Crippen LogP contribution in [0.3, 0.4) is 0 Å². The molecule has 1 aliphatic rings. The Kier molecular flexibility index (Phi) is 4.52. The summed E-state index contributed by atoms with van der Waals surface area (Å²) in [5.41, 5.74) is 6.42. The van der Waals surface area contributed by atoms with Gasteiger partial charge in [-0.2, -0.15) is 0 Å². The van der Waals surface area contributed by atoms with Crippen molar-refractivity contribution in [1.29, 1.82) is 0 Å². The summed E-state index contributed by atoms with van der Waals surface area (Å²) in [6.07, 6.45) is 1.24. The van der Waals surface area contributed by atoms with E-state index < -0.39 is 0 Å².